The van der Waals surface area contributed by atoms with Crippen molar-refractivity contribution in [3.8, 4) is 23.0 Å². The SMILES string of the molecule is COc1cc(/C=C(/Oc2ccc(/C=C/C(=O)O)cc2OC)C(=O)[O-])ccc1[O-]. The molecular formula is C20H16O8-2. The number of aliphatic carboxylic acids is 2. The average molecular weight is 384 g/mol. The molecule has 8 heteroatoms. The van der Waals surface area contributed by atoms with E-state index in [0.717, 1.165) is 6.08 Å². The van der Waals surface area contributed by atoms with Gasteiger partial charge in [-0.25, -0.2) is 4.79 Å². The van der Waals surface area contributed by atoms with Crippen molar-refractivity contribution in [1.29, 1.82) is 0 Å². The Bertz CT molecular complexity index is 943. The van der Waals surface area contributed by atoms with Crippen LogP contribution in [0.15, 0.2) is 48.2 Å². The minimum Gasteiger partial charge on any atom is -0.870 e. The molecule has 8 nitrogen and oxygen atoms in total. The van der Waals surface area contributed by atoms with Crippen LogP contribution in [0.2, 0.25) is 0 Å². The Labute approximate surface area is 160 Å². The molecular weight excluding hydrogens is 368 g/mol. The highest BCUT2D eigenvalue weighted by Gasteiger charge is 2.10. The molecule has 0 radical (unpaired) electrons. The summed E-state index contributed by atoms with van der Waals surface area (Å²) in [5.41, 5.74) is 0.872. The van der Waals surface area contributed by atoms with Crippen LogP contribution in [0.25, 0.3) is 12.2 Å². The third kappa shape index (κ3) is 5.28. The monoisotopic (exact) mass is 384 g/mol. The summed E-state index contributed by atoms with van der Waals surface area (Å²) >= 11 is 0. The highest BCUT2D eigenvalue weighted by molar-refractivity contribution is 5.89. The second kappa shape index (κ2) is 9.13. The van der Waals surface area contributed by atoms with E-state index in [1.54, 1.807) is 0 Å². The second-order valence-electron chi connectivity index (χ2n) is 5.39. The molecule has 0 aromatic heterocycles. The van der Waals surface area contributed by atoms with Gasteiger partial charge in [0.05, 0.1) is 14.2 Å². The van der Waals surface area contributed by atoms with E-state index in [9.17, 15) is 19.8 Å². The van der Waals surface area contributed by atoms with E-state index in [-0.39, 0.29) is 23.0 Å². The van der Waals surface area contributed by atoms with Gasteiger partial charge in [-0.05, 0) is 41.5 Å². The molecule has 0 bridgehead atoms. The number of carbonyl (C=O) groups excluding carboxylic acids is 1. The maximum Gasteiger partial charge on any atom is 0.328 e. The average Bonchev–Trinajstić information content (AvgIpc) is 2.67. The van der Waals surface area contributed by atoms with Crippen molar-refractivity contribution in [3.63, 3.8) is 0 Å². The van der Waals surface area contributed by atoms with Gasteiger partial charge in [0.2, 0.25) is 0 Å². The minimum absolute atomic E-state index is 0.0543. The molecule has 0 saturated heterocycles. The van der Waals surface area contributed by atoms with Crippen LogP contribution in [0.5, 0.6) is 23.0 Å². The van der Waals surface area contributed by atoms with Crippen molar-refractivity contribution >= 4 is 24.1 Å². The number of hydrogen-bond donors (Lipinski definition) is 1. The first-order valence-corrected chi connectivity index (χ1v) is 7.89. The maximum absolute atomic E-state index is 11.6. The molecule has 0 aliphatic heterocycles. The molecule has 0 spiro atoms. The Morgan fingerprint density at radius 2 is 1.61 bits per heavy atom. The molecule has 0 unspecified atom stereocenters. The first-order valence-electron chi connectivity index (χ1n) is 7.89. The van der Waals surface area contributed by atoms with Crippen LogP contribution in [-0.4, -0.2) is 31.3 Å². The third-order valence-corrected chi connectivity index (χ3v) is 3.51. The molecule has 0 amide bonds. The first kappa shape index (κ1) is 20.4. The zero-order valence-corrected chi connectivity index (χ0v) is 15.0. The number of hydrogen-bond acceptors (Lipinski definition) is 7. The summed E-state index contributed by atoms with van der Waals surface area (Å²) in [4.78, 5) is 22.1. The van der Waals surface area contributed by atoms with Crippen LogP contribution in [0.3, 0.4) is 0 Å². The van der Waals surface area contributed by atoms with Crippen LogP contribution >= 0.6 is 0 Å². The lowest BCUT2D eigenvalue weighted by Gasteiger charge is -2.16. The Hall–Kier alpha value is -3.94. The normalized spacial score (nSPS) is 11.3. The lowest BCUT2D eigenvalue weighted by molar-refractivity contribution is -0.301. The van der Waals surface area contributed by atoms with Gasteiger partial charge in [-0.3, -0.25) is 0 Å². The van der Waals surface area contributed by atoms with Gasteiger partial charge in [0.1, 0.15) is 11.7 Å². The molecule has 0 atom stereocenters. The highest BCUT2D eigenvalue weighted by atomic mass is 16.5. The molecule has 0 heterocycles. The summed E-state index contributed by atoms with van der Waals surface area (Å²) in [7, 11) is 2.68. The highest BCUT2D eigenvalue weighted by Crippen LogP contribution is 2.31. The Morgan fingerprint density at radius 1 is 0.964 bits per heavy atom. The molecule has 28 heavy (non-hydrogen) atoms. The number of carbonyl (C=O) groups is 2. The molecule has 146 valence electrons. The summed E-state index contributed by atoms with van der Waals surface area (Å²) in [6, 6.07) is 8.45. The largest absolute Gasteiger partial charge is 0.870 e. The number of carboxylic acid groups (broad SMARTS) is 2. The zero-order valence-electron chi connectivity index (χ0n) is 15.0. The van der Waals surface area contributed by atoms with Gasteiger partial charge in [0.25, 0.3) is 0 Å². The summed E-state index contributed by atoms with van der Waals surface area (Å²) < 4.78 is 15.5. The number of ether oxygens (including phenoxy) is 3. The topological polar surface area (TPSA) is 128 Å². The van der Waals surface area contributed by atoms with Crippen molar-refractivity contribution < 1.29 is 39.1 Å². The Balaban J connectivity index is 2.36. The number of rotatable bonds is 8. The second-order valence-corrected chi connectivity index (χ2v) is 5.39. The van der Waals surface area contributed by atoms with Gasteiger partial charge in [0.15, 0.2) is 17.3 Å². The van der Waals surface area contributed by atoms with Crippen LogP contribution < -0.4 is 24.4 Å². The lowest BCUT2D eigenvalue weighted by atomic mass is 10.1. The fourth-order valence-electron chi connectivity index (χ4n) is 2.21. The van der Waals surface area contributed by atoms with Gasteiger partial charge < -0.3 is 34.3 Å². The van der Waals surface area contributed by atoms with Crippen LogP contribution in [0.4, 0.5) is 0 Å². The molecule has 2 rings (SSSR count). The smallest absolute Gasteiger partial charge is 0.328 e. The van der Waals surface area contributed by atoms with Crippen molar-refractivity contribution in [2.45, 2.75) is 0 Å². The van der Waals surface area contributed by atoms with Crippen molar-refractivity contribution in [2.24, 2.45) is 0 Å². The van der Waals surface area contributed by atoms with E-state index in [0.29, 0.717) is 11.1 Å². The van der Waals surface area contributed by atoms with E-state index in [1.807, 2.05) is 0 Å². The number of methoxy groups -OCH3 is 2. The molecule has 0 saturated carbocycles. The van der Waals surface area contributed by atoms with E-state index in [4.69, 9.17) is 19.3 Å². The summed E-state index contributed by atoms with van der Waals surface area (Å²) in [6.07, 6.45) is 3.48. The van der Waals surface area contributed by atoms with Crippen molar-refractivity contribution in [2.75, 3.05) is 14.2 Å². The molecule has 0 fully saturated rings. The van der Waals surface area contributed by atoms with Crippen LogP contribution in [0.1, 0.15) is 11.1 Å². The van der Waals surface area contributed by atoms with Crippen LogP contribution in [-0.2, 0) is 9.59 Å². The molecule has 0 aliphatic carbocycles. The third-order valence-electron chi connectivity index (χ3n) is 3.51. The Morgan fingerprint density at radius 3 is 2.21 bits per heavy atom. The predicted molar refractivity (Wildman–Crippen MR) is 95.7 cm³/mol. The summed E-state index contributed by atoms with van der Waals surface area (Å²) in [5.74, 6) is -3.23. The standard InChI is InChI=1S/C20H18O8/c1-26-16-10-13(3-6-14(16)21)11-18(20(24)25)28-15-7-4-12(5-8-19(22)23)9-17(15)27-2/h3-11,21H,1-2H3,(H,22,23)(H,24,25)/p-2/b8-5+,18-11+. The quantitative estimate of drug-likeness (QED) is 0.528. The Kier molecular flexibility index (Phi) is 6.64. The van der Waals surface area contributed by atoms with Gasteiger partial charge >= 0.3 is 5.97 Å². The van der Waals surface area contributed by atoms with Gasteiger partial charge in [-0.2, -0.15) is 0 Å². The zero-order chi connectivity index (χ0) is 20.7. The molecule has 1 N–H and O–H groups in total. The van der Waals surface area contributed by atoms with Crippen molar-refractivity contribution in [1.82, 2.24) is 0 Å². The van der Waals surface area contributed by atoms with E-state index in [1.165, 1.54) is 62.8 Å². The summed E-state index contributed by atoms with van der Waals surface area (Å²) in [6.45, 7) is 0. The molecule has 2 aromatic rings. The van der Waals surface area contributed by atoms with E-state index >= 15 is 0 Å². The van der Waals surface area contributed by atoms with E-state index in [2.05, 4.69) is 0 Å². The molecule has 2 aromatic carbocycles. The fraction of sp³-hybridized carbons (Fsp3) is 0.100. The summed E-state index contributed by atoms with van der Waals surface area (Å²) in [5, 5.41) is 31.7. The van der Waals surface area contributed by atoms with Gasteiger partial charge in [-0.15, -0.1) is 0 Å². The van der Waals surface area contributed by atoms with Crippen molar-refractivity contribution in [3.05, 3.63) is 59.4 Å². The van der Waals surface area contributed by atoms with Crippen LogP contribution in [0, 0.1) is 0 Å². The maximum atomic E-state index is 11.6. The number of carboxylic acids is 2. The lowest BCUT2D eigenvalue weighted by Crippen LogP contribution is -2.27. The predicted octanol–water partition coefficient (Wildman–Crippen LogP) is 1.05. The van der Waals surface area contributed by atoms with E-state index < -0.39 is 17.7 Å². The minimum atomic E-state index is -1.58. The first-order chi connectivity index (χ1) is 13.3. The molecule has 0 aliphatic rings. The number of benzene rings is 2. The fourth-order valence-corrected chi connectivity index (χ4v) is 2.21. The van der Waals surface area contributed by atoms with Gasteiger partial charge in [0, 0.05) is 6.08 Å². The van der Waals surface area contributed by atoms with Gasteiger partial charge in [-0.1, -0.05) is 23.9 Å².